The number of carbonyl (C=O) groups excluding carboxylic acids is 2. The van der Waals surface area contributed by atoms with Gasteiger partial charge in [-0.1, -0.05) is 6.07 Å². The van der Waals surface area contributed by atoms with Crippen molar-refractivity contribution < 1.29 is 24.2 Å². The molecule has 1 aromatic rings. The minimum absolute atomic E-state index is 0.0642. The Morgan fingerprint density at radius 1 is 1.35 bits per heavy atom. The molecule has 8 heteroatoms. The average molecular weight is 345 g/mol. The quantitative estimate of drug-likeness (QED) is 0.706. The molecule has 0 aliphatic carbocycles. The third-order valence-electron chi connectivity index (χ3n) is 2.18. The molecular formula is C12H13BrN2O5. The van der Waals surface area contributed by atoms with Crippen LogP contribution < -0.4 is 10.6 Å². The maximum atomic E-state index is 11.6. The van der Waals surface area contributed by atoms with Gasteiger partial charge in [-0.25, -0.2) is 9.59 Å². The van der Waals surface area contributed by atoms with Crippen molar-refractivity contribution in [3.8, 4) is 0 Å². The molecule has 3 N–H and O–H groups in total. The minimum Gasteiger partial charge on any atom is -0.478 e. The SMILES string of the molecule is CCOC(=O)CNC(=O)Nc1c(Br)cccc1C(=O)O. The Morgan fingerprint density at radius 3 is 2.65 bits per heavy atom. The molecule has 1 aromatic carbocycles. The lowest BCUT2D eigenvalue weighted by atomic mass is 10.2. The van der Waals surface area contributed by atoms with Gasteiger partial charge in [-0.15, -0.1) is 0 Å². The number of benzene rings is 1. The zero-order valence-electron chi connectivity index (χ0n) is 10.6. The van der Waals surface area contributed by atoms with Crippen molar-refractivity contribution in [3.05, 3.63) is 28.2 Å². The van der Waals surface area contributed by atoms with E-state index in [0.29, 0.717) is 4.47 Å². The van der Waals surface area contributed by atoms with Crippen LogP contribution in [0.5, 0.6) is 0 Å². The topological polar surface area (TPSA) is 105 Å². The van der Waals surface area contributed by atoms with Gasteiger partial charge < -0.3 is 20.5 Å². The van der Waals surface area contributed by atoms with E-state index in [4.69, 9.17) is 5.11 Å². The lowest BCUT2D eigenvalue weighted by Gasteiger charge is -2.11. The van der Waals surface area contributed by atoms with Crippen LogP contribution in [0.4, 0.5) is 10.5 Å². The summed E-state index contributed by atoms with van der Waals surface area (Å²) in [6.45, 7) is 1.57. The van der Waals surface area contributed by atoms with E-state index in [9.17, 15) is 14.4 Å². The molecule has 0 fully saturated rings. The Morgan fingerprint density at radius 2 is 2.05 bits per heavy atom. The maximum Gasteiger partial charge on any atom is 0.337 e. The fourth-order valence-corrected chi connectivity index (χ4v) is 1.82. The molecule has 7 nitrogen and oxygen atoms in total. The van der Waals surface area contributed by atoms with E-state index in [1.807, 2.05) is 0 Å². The number of carboxylic acid groups (broad SMARTS) is 1. The molecular weight excluding hydrogens is 332 g/mol. The van der Waals surface area contributed by atoms with E-state index in [1.54, 1.807) is 13.0 Å². The Balaban J connectivity index is 2.71. The van der Waals surface area contributed by atoms with Crippen molar-refractivity contribution in [2.45, 2.75) is 6.92 Å². The first-order valence-electron chi connectivity index (χ1n) is 5.68. The molecule has 0 radical (unpaired) electrons. The molecule has 1 rings (SSSR count). The van der Waals surface area contributed by atoms with Crippen LogP contribution in [0.3, 0.4) is 0 Å². The highest BCUT2D eigenvalue weighted by molar-refractivity contribution is 9.10. The molecule has 0 bridgehead atoms. The molecule has 0 aliphatic heterocycles. The summed E-state index contributed by atoms with van der Waals surface area (Å²) >= 11 is 3.15. The van der Waals surface area contributed by atoms with Crippen molar-refractivity contribution in [3.63, 3.8) is 0 Å². The Kier molecular flexibility index (Phi) is 5.98. The van der Waals surface area contributed by atoms with Gasteiger partial charge in [-0.3, -0.25) is 4.79 Å². The highest BCUT2D eigenvalue weighted by atomic mass is 79.9. The molecule has 0 saturated carbocycles. The molecule has 0 heterocycles. The largest absolute Gasteiger partial charge is 0.478 e. The van der Waals surface area contributed by atoms with Crippen molar-refractivity contribution in [1.29, 1.82) is 0 Å². The van der Waals surface area contributed by atoms with Crippen LogP contribution in [0.2, 0.25) is 0 Å². The number of rotatable bonds is 5. The van der Waals surface area contributed by atoms with E-state index in [1.165, 1.54) is 12.1 Å². The summed E-state index contributed by atoms with van der Waals surface area (Å²) in [7, 11) is 0. The average Bonchev–Trinajstić information content (AvgIpc) is 2.39. The maximum absolute atomic E-state index is 11.6. The Labute approximate surface area is 123 Å². The van der Waals surface area contributed by atoms with Gasteiger partial charge in [-0.2, -0.15) is 0 Å². The van der Waals surface area contributed by atoms with Gasteiger partial charge >= 0.3 is 18.0 Å². The molecule has 0 aliphatic rings. The van der Waals surface area contributed by atoms with Crippen molar-refractivity contribution in [1.82, 2.24) is 5.32 Å². The van der Waals surface area contributed by atoms with Gasteiger partial charge in [0, 0.05) is 4.47 Å². The highest BCUT2D eigenvalue weighted by Gasteiger charge is 2.15. The summed E-state index contributed by atoms with van der Waals surface area (Å²) in [4.78, 5) is 33.7. The number of amides is 2. The number of nitrogens with one attached hydrogen (secondary N) is 2. The number of para-hydroxylation sites is 1. The van der Waals surface area contributed by atoms with Gasteiger partial charge in [0.05, 0.1) is 17.9 Å². The van der Waals surface area contributed by atoms with Gasteiger partial charge in [0.2, 0.25) is 0 Å². The number of anilines is 1. The first-order valence-corrected chi connectivity index (χ1v) is 6.47. The number of hydrogen-bond acceptors (Lipinski definition) is 4. The highest BCUT2D eigenvalue weighted by Crippen LogP contribution is 2.26. The van der Waals surface area contributed by atoms with Crippen LogP contribution in [0.1, 0.15) is 17.3 Å². The van der Waals surface area contributed by atoms with Crippen LogP contribution in [0.15, 0.2) is 22.7 Å². The van der Waals surface area contributed by atoms with E-state index in [2.05, 4.69) is 31.3 Å². The summed E-state index contributed by atoms with van der Waals surface area (Å²) in [5, 5.41) is 13.7. The molecule has 2 amide bonds. The monoisotopic (exact) mass is 344 g/mol. The lowest BCUT2D eigenvalue weighted by Crippen LogP contribution is -2.34. The normalized spacial score (nSPS) is 9.70. The zero-order chi connectivity index (χ0) is 15.1. The first kappa shape index (κ1) is 16.0. The third-order valence-corrected chi connectivity index (χ3v) is 2.84. The number of esters is 1. The second-order valence-corrected chi connectivity index (χ2v) is 4.43. The Bertz CT molecular complexity index is 533. The van der Waals surface area contributed by atoms with Crippen molar-refractivity contribution >= 4 is 39.6 Å². The summed E-state index contributed by atoms with van der Waals surface area (Å²) < 4.78 is 5.06. The number of ether oxygens (including phenoxy) is 1. The molecule has 108 valence electrons. The van der Waals surface area contributed by atoms with Crippen LogP contribution in [0.25, 0.3) is 0 Å². The first-order chi connectivity index (χ1) is 9.45. The van der Waals surface area contributed by atoms with Gasteiger partial charge in [0.25, 0.3) is 0 Å². The van der Waals surface area contributed by atoms with Crippen LogP contribution in [0, 0.1) is 0 Å². The number of hydrogen-bond donors (Lipinski definition) is 3. The molecule has 0 atom stereocenters. The molecule has 0 saturated heterocycles. The minimum atomic E-state index is -1.17. The smallest absolute Gasteiger partial charge is 0.337 e. The van der Waals surface area contributed by atoms with Crippen molar-refractivity contribution in [2.24, 2.45) is 0 Å². The van der Waals surface area contributed by atoms with Gasteiger partial charge in [0.15, 0.2) is 0 Å². The standard InChI is InChI=1S/C12H13BrN2O5/c1-2-20-9(16)6-14-12(19)15-10-7(11(17)18)4-3-5-8(10)13/h3-5H,2,6H2,1H3,(H,17,18)(H2,14,15,19). The van der Waals surface area contributed by atoms with Crippen LogP contribution in [-0.2, 0) is 9.53 Å². The van der Waals surface area contributed by atoms with E-state index in [0.717, 1.165) is 0 Å². The summed E-state index contributed by atoms with van der Waals surface area (Å²) in [5.74, 6) is -1.75. The number of carboxylic acids is 1. The molecule has 0 spiro atoms. The van der Waals surface area contributed by atoms with Gasteiger partial charge in [-0.05, 0) is 35.0 Å². The number of aromatic carboxylic acids is 1. The third kappa shape index (κ3) is 4.54. The van der Waals surface area contributed by atoms with Gasteiger partial charge in [0.1, 0.15) is 6.54 Å². The predicted octanol–water partition coefficient (Wildman–Crippen LogP) is 1.83. The molecule has 0 aromatic heterocycles. The molecule has 20 heavy (non-hydrogen) atoms. The van der Waals surface area contributed by atoms with E-state index in [-0.39, 0.29) is 24.4 Å². The van der Waals surface area contributed by atoms with Crippen LogP contribution in [-0.4, -0.2) is 36.2 Å². The van der Waals surface area contributed by atoms with Crippen molar-refractivity contribution in [2.75, 3.05) is 18.5 Å². The lowest BCUT2D eigenvalue weighted by molar-refractivity contribution is -0.141. The second kappa shape index (κ2) is 7.49. The fourth-order valence-electron chi connectivity index (χ4n) is 1.35. The summed E-state index contributed by atoms with van der Waals surface area (Å²) in [5.41, 5.74) is 0.0482. The van der Waals surface area contributed by atoms with E-state index >= 15 is 0 Å². The number of urea groups is 1. The van der Waals surface area contributed by atoms with Crippen LogP contribution >= 0.6 is 15.9 Å². The second-order valence-electron chi connectivity index (χ2n) is 3.58. The number of halogens is 1. The number of carbonyl (C=O) groups is 3. The Hall–Kier alpha value is -2.09. The molecule has 0 unspecified atom stereocenters. The summed E-state index contributed by atoms with van der Waals surface area (Å²) in [6.07, 6.45) is 0. The van der Waals surface area contributed by atoms with E-state index < -0.39 is 18.0 Å². The fraction of sp³-hybridized carbons (Fsp3) is 0.250. The zero-order valence-corrected chi connectivity index (χ0v) is 12.2. The summed E-state index contributed by atoms with van der Waals surface area (Å²) in [6, 6.07) is 3.78. The predicted molar refractivity (Wildman–Crippen MR) is 74.8 cm³/mol.